The number of carbonyl (C=O) groups excluding carboxylic acids is 3. The van der Waals surface area contributed by atoms with Gasteiger partial charge in [0.15, 0.2) is 5.78 Å². The van der Waals surface area contributed by atoms with Gasteiger partial charge in [0, 0.05) is 24.4 Å². The van der Waals surface area contributed by atoms with Crippen LogP contribution in [0.25, 0.3) is 0 Å². The fraction of sp³-hybridized carbons (Fsp3) is 0.471. The first-order chi connectivity index (χ1) is 10.3. The summed E-state index contributed by atoms with van der Waals surface area (Å²) >= 11 is 0. The number of rotatable bonds is 7. The molecule has 0 fully saturated rings. The molecule has 1 aromatic rings. The lowest BCUT2D eigenvalue weighted by molar-refractivity contribution is -0.126. The van der Waals surface area contributed by atoms with Crippen molar-refractivity contribution in [3.8, 4) is 0 Å². The summed E-state index contributed by atoms with van der Waals surface area (Å²) in [6, 6.07) is 5.55. The minimum atomic E-state index is -0.295. The molecule has 2 amide bonds. The van der Waals surface area contributed by atoms with Crippen LogP contribution in [0.1, 0.15) is 48.2 Å². The number of amides is 2. The van der Waals surface area contributed by atoms with Crippen LogP contribution >= 0.6 is 0 Å². The Hall–Kier alpha value is -2.17. The Balaban J connectivity index is 2.38. The van der Waals surface area contributed by atoms with E-state index >= 15 is 0 Å². The van der Waals surface area contributed by atoms with Crippen molar-refractivity contribution in [1.82, 2.24) is 10.6 Å². The Kier molecular flexibility index (Phi) is 6.76. The van der Waals surface area contributed by atoms with E-state index < -0.39 is 0 Å². The van der Waals surface area contributed by atoms with Crippen LogP contribution in [0.15, 0.2) is 18.2 Å². The summed E-state index contributed by atoms with van der Waals surface area (Å²) in [6.45, 7) is 7.57. The monoisotopic (exact) mass is 304 g/mol. The highest BCUT2D eigenvalue weighted by molar-refractivity contribution is 5.98. The first-order valence-corrected chi connectivity index (χ1v) is 7.46. The molecule has 0 aliphatic carbocycles. The number of Topliss-reactive ketones (excluding diaryl/α,β-unsaturated/α-hetero) is 1. The molecule has 1 rings (SSSR count). The van der Waals surface area contributed by atoms with E-state index in [1.54, 1.807) is 6.07 Å². The molecule has 5 heteroatoms. The molecular formula is C17H24N2O3. The van der Waals surface area contributed by atoms with E-state index in [0.29, 0.717) is 5.56 Å². The Morgan fingerprint density at radius 3 is 2.27 bits per heavy atom. The molecule has 0 aliphatic heterocycles. The fourth-order valence-electron chi connectivity index (χ4n) is 1.93. The molecule has 0 heterocycles. The van der Waals surface area contributed by atoms with E-state index in [1.807, 2.05) is 39.8 Å². The number of hydrogen-bond acceptors (Lipinski definition) is 3. The molecule has 0 aliphatic rings. The quantitative estimate of drug-likeness (QED) is 0.756. The van der Waals surface area contributed by atoms with Gasteiger partial charge in [-0.15, -0.1) is 0 Å². The second-order valence-electron chi connectivity index (χ2n) is 5.72. The minimum absolute atomic E-state index is 0.0377. The predicted octanol–water partition coefficient (Wildman–Crippen LogP) is 1.91. The van der Waals surface area contributed by atoms with Gasteiger partial charge in [0.1, 0.15) is 0 Å². The fourth-order valence-corrected chi connectivity index (χ4v) is 1.93. The lowest BCUT2D eigenvalue weighted by Crippen LogP contribution is -2.39. The van der Waals surface area contributed by atoms with Crippen LogP contribution in [0, 0.1) is 13.8 Å². The Bertz CT molecular complexity index is 565. The maximum absolute atomic E-state index is 12.0. The van der Waals surface area contributed by atoms with Crippen LogP contribution in [0.2, 0.25) is 0 Å². The smallest absolute Gasteiger partial charge is 0.239 e. The molecule has 0 atom stereocenters. The molecule has 0 saturated carbocycles. The summed E-state index contributed by atoms with van der Waals surface area (Å²) in [7, 11) is 0. The largest absolute Gasteiger partial charge is 0.352 e. The third-order valence-electron chi connectivity index (χ3n) is 3.30. The van der Waals surface area contributed by atoms with E-state index in [9.17, 15) is 14.4 Å². The molecule has 22 heavy (non-hydrogen) atoms. The van der Waals surface area contributed by atoms with Crippen molar-refractivity contribution < 1.29 is 14.4 Å². The highest BCUT2D eigenvalue weighted by Gasteiger charge is 2.11. The number of hydrogen-bond donors (Lipinski definition) is 2. The third kappa shape index (κ3) is 6.08. The average molecular weight is 304 g/mol. The SMILES string of the molecule is Cc1ccc(C(=O)CCC(=O)NCC(=O)NC(C)C)cc1C. The number of benzene rings is 1. The minimum Gasteiger partial charge on any atom is -0.352 e. The lowest BCUT2D eigenvalue weighted by atomic mass is 10.0. The normalized spacial score (nSPS) is 10.4. The molecule has 0 saturated heterocycles. The Labute approximate surface area is 131 Å². The van der Waals surface area contributed by atoms with Crippen LogP contribution in [0.3, 0.4) is 0 Å². The maximum atomic E-state index is 12.0. The summed E-state index contributed by atoms with van der Waals surface area (Å²) in [5.41, 5.74) is 2.81. The van der Waals surface area contributed by atoms with Gasteiger partial charge in [-0.25, -0.2) is 0 Å². The molecule has 1 aromatic carbocycles. The van der Waals surface area contributed by atoms with Gasteiger partial charge < -0.3 is 10.6 Å². The van der Waals surface area contributed by atoms with Gasteiger partial charge in [-0.2, -0.15) is 0 Å². The highest BCUT2D eigenvalue weighted by atomic mass is 16.2. The van der Waals surface area contributed by atoms with E-state index in [-0.39, 0.29) is 43.0 Å². The van der Waals surface area contributed by atoms with Crippen LogP contribution in [-0.4, -0.2) is 30.2 Å². The zero-order chi connectivity index (χ0) is 16.7. The summed E-state index contributed by atoms with van der Waals surface area (Å²) in [4.78, 5) is 35.1. The number of nitrogens with one attached hydrogen (secondary N) is 2. The van der Waals surface area contributed by atoms with Crippen molar-refractivity contribution in [2.24, 2.45) is 0 Å². The van der Waals surface area contributed by atoms with Gasteiger partial charge in [-0.05, 0) is 44.9 Å². The zero-order valence-electron chi connectivity index (χ0n) is 13.7. The molecule has 5 nitrogen and oxygen atoms in total. The van der Waals surface area contributed by atoms with Crippen LogP contribution in [-0.2, 0) is 9.59 Å². The summed E-state index contributed by atoms with van der Waals surface area (Å²) in [6.07, 6.45) is 0.223. The molecule has 0 aromatic heterocycles. The van der Waals surface area contributed by atoms with Gasteiger partial charge in [-0.1, -0.05) is 12.1 Å². The van der Waals surface area contributed by atoms with Gasteiger partial charge >= 0.3 is 0 Å². The third-order valence-corrected chi connectivity index (χ3v) is 3.30. The van der Waals surface area contributed by atoms with Gasteiger partial charge in [-0.3, -0.25) is 14.4 Å². The van der Waals surface area contributed by atoms with Crippen LogP contribution in [0.4, 0.5) is 0 Å². The van der Waals surface area contributed by atoms with Crippen molar-refractivity contribution >= 4 is 17.6 Å². The summed E-state index contributed by atoms with van der Waals surface area (Å²) in [5.74, 6) is -0.593. The summed E-state index contributed by atoms with van der Waals surface area (Å²) in [5, 5.41) is 5.19. The average Bonchev–Trinajstić information content (AvgIpc) is 2.44. The zero-order valence-corrected chi connectivity index (χ0v) is 13.7. The molecule has 2 N–H and O–H groups in total. The molecule has 0 unspecified atom stereocenters. The highest BCUT2D eigenvalue weighted by Crippen LogP contribution is 2.12. The predicted molar refractivity (Wildman–Crippen MR) is 85.8 cm³/mol. The standard InChI is InChI=1S/C17H24N2O3/c1-11(2)19-17(22)10-18-16(21)8-7-15(20)14-6-5-12(3)13(4)9-14/h5-6,9,11H,7-8,10H2,1-4H3,(H,18,21)(H,19,22). The molecular weight excluding hydrogens is 280 g/mol. The van der Waals surface area contributed by atoms with Crippen molar-refractivity contribution in [2.75, 3.05) is 6.54 Å². The first kappa shape index (κ1) is 17.9. The van der Waals surface area contributed by atoms with Crippen molar-refractivity contribution in [2.45, 2.75) is 46.6 Å². The van der Waals surface area contributed by atoms with E-state index in [4.69, 9.17) is 0 Å². The van der Waals surface area contributed by atoms with E-state index in [0.717, 1.165) is 11.1 Å². The van der Waals surface area contributed by atoms with Gasteiger partial charge in [0.05, 0.1) is 6.54 Å². The molecule has 120 valence electrons. The summed E-state index contributed by atoms with van der Waals surface area (Å²) < 4.78 is 0. The van der Waals surface area contributed by atoms with E-state index in [1.165, 1.54) is 0 Å². The second-order valence-corrected chi connectivity index (χ2v) is 5.72. The molecule has 0 spiro atoms. The lowest BCUT2D eigenvalue weighted by Gasteiger charge is -2.09. The van der Waals surface area contributed by atoms with Crippen molar-refractivity contribution in [3.63, 3.8) is 0 Å². The van der Waals surface area contributed by atoms with Crippen LogP contribution in [0.5, 0.6) is 0 Å². The number of ketones is 1. The number of aryl methyl sites for hydroxylation is 2. The molecule has 0 radical (unpaired) electrons. The second kappa shape index (κ2) is 8.32. The van der Waals surface area contributed by atoms with Gasteiger partial charge in [0.25, 0.3) is 0 Å². The Morgan fingerprint density at radius 2 is 1.68 bits per heavy atom. The van der Waals surface area contributed by atoms with Gasteiger partial charge in [0.2, 0.25) is 11.8 Å². The number of carbonyl (C=O) groups is 3. The Morgan fingerprint density at radius 1 is 1.00 bits per heavy atom. The van der Waals surface area contributed by atoms with E-state index in [2.05, 4.69) is 10.6 Å². The topological polar surface area (TPSA) is 75.3 Å². The van der Waals surface area contributed by atoms with Crippen molar-refractivity contribution in [3.05, 3.63) is 34.9 Å². The van der Waals surface area contributed by atoms with Crippen LogP contribution < -0.4 is 10.6 Å². The molecule has 0 bridgehead atoms. The maximum Gasteiger partial charge on any atom is 0.239 e. The van der Waals surface area contributed by atoms with Crippen molar-refractivity contribution in [1.29, 1.82) is 0 Å². The first-order valence-electron chi connectivity index (χ1n) is 7.46.